The van der Waals surface area contributed by atoms with E-state index in [2.05, 4.69) is 20.7 Å². The van der Waals surface area contributed by atoms with E-state index >= 15 is 0 Å². The number of benzene rings is 2. The molecule has 1 aromatic heterocycles. The van der Waals surface area contributed by atoms with Crippen molar-refractivity contribution in [2.45, 2.75) is 24.4 Å². The summed E-state index contributed by atoms with van der Waals surface area (Å²) in [5.74, 6) is 0.136. The zero-order valence-electron chi connectivity index (χ0n) is 17.6. The Morgan fingerprint density at radius 3 is 2.62 bits per heavy atom. The summed E-state index contributed by atoms with van der Waals surface area (Å²) in [6.07, 6.45) is 0. The average Bonchev–Trinajstić information content (AvgIpc) is 3.31. The fourth-order valence-corrected chi connectivity index (χ4v) is 6.30. The van der Waals surface area contributed by atoms with E-state index in [0.717, 1.165) is 30.2 Å². The van der Waals surface area contributed by atoms with Crippen LogP contribution < -0.4 is 4.72 Å². The Morgan fingerprint density at radius 2 is 1.84 bits per heavy atom. The zero-order chi connectivity index (χ0) is 22.3. The van der Waals surface area contributed by atoms with Crippen LogP contribution in [0.3, 0.4) is 0 Å². The zero-order valence-corrected chi connectivity index (χ0v) is 19.2. The van der Waals surface area contributed by atoms with Crippen molar-refractivity contribution in [2.75, 3.05) is 26.2 Å². The monoisotopic (exact) mass is 469 g/mol. The lowest BCUT2D eigenvalue weighted by atomic mass is 10.2. The van der Waals surface area contributed by atoms with E-state index in [1.807, 2.05) is 18.2 Å². The first-order valence-electron chi connectivity index (χ1n) is 10.5. The molecular formula is C22H23N5O3S2. The number of hydrogen-bond donors (Lipinski definition) is 1. The molecule has 10 heteroatoms. The van der Waals surface area contributed by atoms with Gasteiger partial charge in [-0.2, -0.15) is 0 Å². The summed E-state index contributed by atoms with van der Waals surface area (Å²) in [4.78, 5) is 26.4. The molecule has 32 heavy (non-hydrogen) atoms. The standard InChI is InChI=1S/C22H23N5O3S2/c1-15(23-21-16-6-2-5-9-19(16)32(29,30)25-21)22(28)27-12-10-26(11-13-27)14-20-24-17-7-3-4-8-18(17)31-20/h2-9,15H,10-14H2,1H3,(H,23,25)/t15-/m0/s1. The van der Waals surface area contributed by atoms with Crippen LogP contribution in [-0.4, -0.2) is 67.2 Å². The molecule has 0 unspecified atom stereocenters. The summed E-state index contributed by atoms with van der Waals surface area (Å²) in [5, 5.41) is 1.08. The second kappa shape index (κ2) is 8.27. The van der Waals surface area contributed by atoms with Crippen LogP contribution >= 0.6 is 11.3 Å². The van der Waals surface area contributed by atoms with Crippen molar-refractivity contribution in [3.05, 3.63) is 59.1 Å². The van der Waals surface area contributed by atoms with Crippen molar-refractivity contribution in [3.8, 4) is 0 Å². The average molecular weight is 470 g/mol. The third-order valence-electron chi connectivity index (χ3n) is 5.72. The molecule has 1 saturated heterocycles. The lowest BCUT2D eigenvalue weighted by Gasteiger charge is -2.35. The van der Waals surface area contributed by atoms with Gasteiger partial charge in [0.25, 0.3) is 10.0 Å². The second-order valence-electron chi connectivity index (χ2n) is 7.93. The molecular weight excluding hydrogens is 446 g/mol. The molecule has 166 valence electrons. The molecule has 5 rings (SSSR count). The Bertz CT molecular complexity index is 1280. The SMILES string of the molecule is C[C@H](N=C1NS(=O)(=O)c2ccccc21)C(=O)N1CCN(Cc2nc3ccccc3s2)CC1. The number of para-hydroxylation sites is 1. The summed E-state index contributed by atoms with van der Waals surface area (Å²) in [7, 11) is -3.62. The van der Waals surface area contributed by atoms with Gasteiger partial charge in [0.05, 0.1) is 21.7 Å². The molecule has 0 aliphatic carbocycles. The van der Waals surface area contributed by atoms with Gasteiger partial charge < -0.3 is 4.90 Å². The molecule has 2 aliphatic rings. The van der Waals surface area contributed by atoms with Gasteiger partial charge in [0, 0.05) is 31.7 Å². The van der Waals surface area contributed by atoms with Crippen LogP contribution in [0.25, 0.3) is 10.2 Å². The highest BCUT2D eigenvalue weighted by atomic mass is 32.2. The number of thiazole rings is 1. The van der Waals surface area contributed by atoms with E-state index in [1.54, 1.807) is 41.4 Å². The van der Waals surface area contributed by atoms with Crippen LogP contribution in [0.1, 0.15) is 17.5 Å². The van der Waals surface area contributed by atoms with E-state index in [-0.39, 0.29) is 16.6 Å². The molecule has 0 radical (unpaired) electrons. The van der Waals surface area contributed by atoms with Crippen LogP contribution in [-0.2, 0) is 21.4 Å². The molecule has 8 nitrogen and oxygen atoms in total. The number of piperazine rings is 1. The molecule has 2 aliphatic heterocycles. The first kappa shape index (κ1) is 21.0. The van der Waals surface area contributed by atoms with Gasteiger partial charge in [-0.15, -0.1) is 11.3 Å². The second-order valence-corrected chi connectivity index (χ2v) is 10.7. The van der Waals surface area contributed by atoms with Crippen molar-refractivity contribution < 1.29 is 13.2 Å². The van der Waals surface area contributed by atoms with Crippen molar-refractivity contribution in [1.29, 1.82) is 0 Å². The number of hydrogen-bond acceptors (Lipinski definition) is 7. The number of aromatic nitrogens is 1. The van der Waals surface area contributed by atoms with Gasteiger partial charge in [0.15, 0.2) is 0 Å². The Kier molecular flexibility index (Phi) is 5.44. The van der Waals surface area contributed by atoms with Crippen molar-refractivity contribution in [1.82, 2.24) is 19.5 Å². The van der Waals surface area contributed by atoms with Crippen LogP contribution in [0.5, 0.6) is 0 Å². The molecule has 3 heterocycles. The summed E-state index contributed by atoms with van der Waals surface area (Å²) in [5.41, 5.74) is 1.53. The molecule has 1 N–H and O–H groups in total. The first-order chi connectivity index (χ1) is 15.4. The van der Waals surface area contributed by atoms with E-state index in [9.17, 15) is 13.2 Å². The molecule has 3 aromatic rings. The van der Waals surface area contributed by atoms with E-state index in [1.165, 1.54) is 10.8 Å². The van der Waals surface area contributed by atoms with Gasteiger partial charge in [-0.3, -0.25) is 19.4 Å². The molecule has 0 bridgehead atoms. The number of carbonyl (C=O) groups excluding carboxylic acids is 1. The van der Waals surface area contributed by atoms with Crippen molar-refractivity contribution in [2.24, 2.45) is 4.99 Å². The number of amidine groups is 1. The van der Waals surface area contributed by atoms with Gasteiger partial charge in [-0.25, -0.2) is 13.4 Å². The van der Waals surface area contributed by atoms with Crippen LogP contribution in [0.15, 0.2) is 58.4 Å². The third-order valence-corrected chi connectivity index (χ3v) is 8.14. The minimum atomic E-state index is -3.62. The number of sulfonamides is 1. The smallest absolute Gasteiger partial charge is 0.263 e. The van der Waals surface area contributed by atoms with Gasteiger partial charge in [0.1, 0.15) is 16.9 Å². The maximum absolute atomic E-state index is 13.0. The Balaban J connectivity index is 1.21. The largest absolute Gasteiger partial charge is 0.338 e. The number of fused-ring (bicyclic) bond motifs is 2. The predicted molar refractivity (Wildman–Crippen MR) is 124 cm³/mol. The summed E-state index contributed by atoms with van der Waals surface area (Å²) in [6.45, 7) is 5.24. The summed E-state index contributed by atoms with van der Waals surface area (Å²) >= 11 is 1.71. The fourth-order valence-electron chi connectivity index (χ4n) is 4.05. The third kappa shape index (κ3) is 4.01. The lowest BCUT2D eigenvalue weighted by Crippen LogP contribution is -2.50. The highest BCUT2D eigenvalue weighted by molar-refractivity contribution is 7.90. The first-order valence-corrected chi connectivity index (χ1v) is 12.8. The molecule has 1 fully saturated rings. The van der Waals surface area contributed by atoms with E-state index in [0.29, 0.717) is 18.7 Å². The molecule has 0 spiro atoms. The number of nitrogens with zero attached hydrogens (tertiary/aromatic N) is 4. The number of rotatable bonds is 4. The van der Waals surface area contributed by atoms with Gasteiger partial charge >= 0.3 is 0 Å². The number of aliphatic imine (C=N–C) groups is 1. The summed E-state index contributed by atoms with van der Waals surface area (Å²) < 4.78 is 28.2. The molecule has 1 amide bonds. The van der Waals surface area contributed by atoms with Crippen LogP contribution in [0.2, 0.25) is 0 Å². The minimum absolute atomic E-state index is 0.0966. The highest BCUT2D eigenvalue weighted by Crippen LogP contribution is 2.24. The van der Waals surface area contributed by atoms with Crippen LogP contribution in [0, 0.1) is 0 Å². The number of amides is 1. The normalized spacial score (nSPS) is 20.3. The maximum atomic E-state index is 13.0. The molecule has 0 saturated carbocycles. The van der Waals surface area contributed by atoms with E-state index < -0.39 is 16.1 Å². The maximum Gasteiger partial charge on any atom is 0.263 e. The molecule has 2 aromatic carbocycles. The highest BCUT2D eigenvalue weighted by Gasteiger charge is 2.32. The number of carbonyl (C=O) groups is 1. The quantitative estimate of drug-likeness (QED) is 0.631. The lowest BCUT2D eigenvalue weighted by molar-refractivity contribution is -0.133. The van der Waals surface area contributed by atoms with Crippen molar-refractivity contribution >= 4 is 43.3 Å². The number of nitrogens with one attached hydrogen (secondary N) is 1. The predicted octanol–water partition coefficient (Wildman–Crippen LogP) is 2.07. The van der Waals surface area contributed by atoms with Gasteiger partial charge in [-0.1, -0.05) is 24.3 Å². The van der Waals surface area contributed by atoms with Gasteiger partial charge in [-0.05, 0) is 31.2 Å². The Hall–Kier alpha value is -2.82. The van der Waals surface area contributed by atoms with Crippen molar-refractivity contribution in [3.63, 3.8) is 0 Å². The molecule has 1 atom stereocenters. The fraction of sp³-hybridized carbons (Fsp3) is 0.318. The topological polar surface area (TPSA) is 95.0 Å². The van der Waals surface area contributed by atoms with Gasteiger partial charge in [0.2, 0.25) is 5.91 Å². The van der Waals surface area contributed by atoms with E-state index in [4.69, 9.17) is 4.98 Å². The minimum Gasteiger partial charge on any atom is -0.338 e. The Morgan fingerprint density at radius 1 is 1.12 bits per heavy atom. The Labute approximate surface area is 190 Å². The summed E-state index contributed by atoms with van der Waals surface area (Å²) in [6, 6.07) is 14.1. The van der Waals surface area contributed by atoms with Crippen LogP contribution in [0.4, 0.5) is 0 Å².